The summed E-state index contributed by atoms with van der Waals surface area (Å²) < 4.78 is 23.1. The molecule has 0 spiro atoms. The molecule has 0 bridgehead atoms. The summed E-state index contributed by atoms with van der Waals surface area (Å²) in [5.41, 5.74) is 4.52. The molecule has 3 aromatic carbocycles. The molecular formula is C24H15BrClFN4O. The highest BCUT2D eigenvalue weighted by atomic mass is 79.9. The zero-order valence-electron chi connectivity index (χ0n) is 16.5. The number of halogens is 3. The summed E-state index contributed by atoms with van der Waals surface area (Å²) in [6, 6.07) is 19.7. The molecule has 0 unspecified atom stereocenters. The quantitative estimate of drug-likeness (QED) is 0.340. The summed E-state index contributed by atoms with van der Waals surface area (Å²) in [5, 5.41) is 8.51. The summed E-state index contributed by atoms with van der Waals surface area (Å²) in [4.78, 5) is 4.40. The number of ether oxygens (including phenoxy) is 1. The molecule has 2 atom stereocenters. The van der Waals surface area contributed by atoms with Crippen LogP contribution in [0.25, 0.3) is 5.70 Å². The Kier molecular flexibility index (Phi) is 4.55. The molecular weight excluding hydrogens is 495 g/mol. The van der Waals surface area contributed by atoms with Gasteiger partial charge in [-0.25, -0.2) is 9.07 Å². The molecule has 0 aliphatic carbocycles. The van der Waals surface area contributed by atoms with E-state index in [0.717, 1.165) is 38.2 Å². The molecule has 2 aliphatic heterocycles. The molecule has 3 heterocycles. The molecule has 5 nitrogen and oxygen atoms in total. The van der Waals surface area contributed by atoms with Crippen molar-refractivity contribution in [2.24, 2.45) is 0 Å². The Balaban J connectivity index is 1.64. The van der Waals surface area contributed by atoms with Gasteiger partial charge in [0.25, 0.3) is 0 Å². The van der Waals surface area contributed by atoms with Gasteiger partial charge in [0.15, 0.2) is 0 Å². The molecule has 0 amide bonds. The Morgan fingerprint density at radius 1 is 1.03 bits per heavy atom. The maximum Gasteiger partial charge on any atom is 0.226 e. The van der Waals surface area contributed by atoms with Gasteiger partial charge in [-0.15, -0.1) is 0 Å². The van der Waals surface area contributed by atoms with Crippen LogP contribution in [0, 0.1) is 5.82 Å². The largest absolute Gasteiger partial charge is 0.480 e. The van der Waals surface area contributed by atoms with E-state index < -0.39 is 6.10 Å². The van der Waals surface area contributed by atoms with Gasteiger partial charge in [-0.3, -0.25) is 0 Å². The molecule has 0 fully saturated rings. The number of hydrogen-bond acceptors (Lipinski definition) is 4. The number of nitrogens with one attached hydrogen (secondary N) is 1. The zero-order valence-corrected chi connectivity index (χ0v) is 18.8. The summed E-state index contributed by atoms with van der Waals surface area (Å²) in [5.74, 6) is 1.02. The van der Waals surface area contributed by atoms with Crippen molar-refractivity contribution >= 4 is 39.2 Å². The predicted octanol–water partition coefficient (Wildman–Crippen LogP) is 6.39. The fourth-order valence-electron chi connectivity index (χ4n) is 4.35. The van der Waals surface area contributed by atoms with Crippen molar-refractivity contribution in [2.75, 3.05) is 5.32 Å². The first-order chi connectivity index (χ1) is 15.6. The molecule has 32 heavy (non-hydrogen) atoms. The molecule has 1 aromatic heterocycles. The van der Waals surface area contributed by atoms with Crippen molar-refractivity contribution in [3.05, 3.63) is 111 Å². The summed E-state index contributed by atoms with van der Waals surface area (Å²) in [6.07, 6.45) is 1.10. The van der Waals surface area contributed by atoms with E-state index in [0.29, 0.717) is 11.0 Å². The summed E-state index contributed by atoms with van der Waals surface area (Å²) in [7, 11) is 0. The molecule has 0 saturated heterocycles. The number of hydrogen-bond donors (Lipinski definition) is 1. The molecule has 4 aromatic rings. The van der Waals surface area contributed by atoms with Gasteiger partial charge in [0.2, 0.25) is 5.95 Å². The van der Waals surface area contributed by atoms with Gasteiger partial charge in [-0.1, -0.05) is 51.8 Å². The minimum atomic E-state index is -0.406. The third-order valence-corrected chi connectivity index (χ3v) is 6.44. The van der Waals surface area contributed by atoms with Crippen LogP contribution >= 0.6 is 27.5 Å². The Labute approximate surface area is 196 Å². The number of fused-ring (bicyclic) bond motifs is 3. The molecule has 2 aliphatic rings. The maximum absolute atomic E-state index is 13.7. The normalized spacial score (nSPS) is 18.8. The smallest absolute Gasteiger partial charge is 0.226 e. The Bertz CT molecular complexity index is 1390. The lowest BCUT2D eigenvalue weighted by Gasteiger charge is -2.39. The number of aromatic nitrogens is 3. The topological polar surface area (TPSA) is 52.0 Å². The van der Waals surface area contributed by atoms with Crippen LogP contribution in [0.5, 0.6) is 5.75 Å². The molecule has 8 heteroatoms. The first kappa shape index (κ1) is 19.5. The van der Waals surface area contributed by atoms with Gasteiger partial charge in [0.05, 0.1) is 5.70 Å². The van der Waals surface area contributed by atoms with Gasteiger partial charge < -0.3 is 10.1 Å². The highest BCUT2D eigenvalue weighted by Crippen LogP contribution is 2.51. The molecule has 0 radical (unpaired) electrons. The first-order valence-corrected chi connectivity index (χ1v) is 11.1. The number of rotatable bonds is 2. The van der Waals surface area contributed by atoms with Crippen molar-refractivity contribution < 1.29 is 9.13 Å². The van der Waals surface area contributed by atoms with Crippen molar-refractivity contribution in [3.63, 3.8) is 0 Å². The summed E-state index contributed by atoms with van der Waals surface area (Å²) in [6.45, 7) is 0. The van der Waals surface area contributed by atoms with Gasteiger partial charge >= 0.3 is 0 Å². The molecule has 158 valence electrons. The average Bonchev–Trinajstić information content (AvgIpc) is 3.26. The third-order valence-electron chi connectivity index (χ3n) is 5.71. The van der Waals surface area contributed by atoms with Crippen LogP contribution < -0.4 is 10.1 Å². The lowest BCUT2D eigenvalue weighted by Crippen LogP contribution is -2.32. The fourth-order valence-corrected chi connectivity index (χ4v) is 4.94. The van der Waals surface area contributed by atoms with Crippen LogP contribution in [0.3, 0.4) is 0 Å². The second-order valence-corrected chi connectivity index (χ2v) is 8.98. The number of nitrogens with zero attached hydrogens (tertiary/aromatic N) is 3. The highest BCUT2D eigenvalue weighted by molar-refractivity contribution is 9.10. The van der Waals surface area contributed by atoms with E-state index in [1.807, 2.05) is 42.5 Å². The SMILES string of the molecule is Fc1ccc([C@@H]2C3=C(Nc4ncnn42)c2cc(Cl)ccc2O[C@H]3c2cccc(Br)c2)cc1. The molecule has 0 saturated carbocycles. The van der Waals surface area contributed by atoms with Gasteiger partial charge in [0.1, 0.15) is 30.0 Å². The molecule has 6 rings (SSSR count). The zero-order chi connectivity index (χ0) is 21.8. The standard InChI is InChI=1S/C24H15BrClFN4O/c25-15-3-1-2-14(10-15)23-20-21(18-11-16(26)6-9-19(18)32-23)30-24-28-12-29-31(24)22(20)13-4-7-17(27)8-5-13/h1-12,22-23H,(H,28,29,30)/t22-,23+/m1/s1. The number of anilines is 1. The van der Waals surface area contributed by atoms with Gasteiger partial charge in [-0.05, 0) is 53.6 Å². The second-order valence-electron chi connectivity index (χ2n) is 7.63. The van der Waals surface area contributed by atoms with Crippen LogP contribution in [-0.4, -0.2) is 14.8 Å². The fraction of sp³-hybridized carbons (Fsp3) is 0.0833. The van der Waals surface area contributed by atoms with Gasteiger partial charge in [-0.2, -0.15) is 10.1 Å². The summed E-state index contributed by atoms with van der Waals surface area (Å²) >= 11 is 9.92. The van der Waals surface area contributed by atoms with Crippen LogP contribution in [0.4, 0.5) is 10.3 Å². The monoisotopic (exact) mass is 508 g/mol. The van der Waals surface area contributed by atoms with E-state index in [-0.39, 0.29) is 11.9 Å². The van der Waals surface area contributed by atoms with Crippen LogP contribution in [0.2, 0.25) is 5.02 Å². The van der Waals surface area contributed by atoms with Crippen molar-refractivity contribution in [1.29, 1.82) is 0 Å². The first-order valence-electron chi connectivity index (χ1n) is 9.96. The lowest BCUT2D eigenvalue weighted by molar-refractivity contribution is 0.223. The van der Waals surface area contributed by atoms with Crippen molar-refractivity contribution in [2.45, 2.75) is 12.1 Å². The Morgan fingerprint density at radius 3 is 2.69 bits per heavy atom. The highest BCUT2D eigenvalue weighted by Gasteiger charge is 2.41. The van der Waals surface area contributed by atoms with Crippen molar-refractivity contribution in [1.82, 2.24) is 14.8 Å². The Morgan fingerprint density at radius 2 is 1.88 bits per heavy atom. The van der Waals surface area contributed by atoms with E-state index in [2.05, 4.69) is 31.3 Å². The second kappa shape index (κ2) is 7.46. The minimum absolute atomic E-state index is 0.295. The maximum atomic E-state index is 13.7. The molecule has 1 N–H and O–H groups in total. The average molecular weight is 510 g/mol. The number of benzene rings is 3. The van der Waals surface area contributed by atoms with E-state index in [9.17, 15) is 4.39 Å². The van der Waals surface area contributed by atoms with E-state index in [1.54, 1.807) is 16.8 Å². The van der Waals surface area contributed by atoms with E-state index in [4.69, 9.17) is 16.3 Å². The van der Waals surface area contributed by atoms with Crippen LogP contribution in [-0.2, 0) is 0 Å². The van der Waals surface area contributed by atoms with Crippen LogP contribution in [0.1, 0.15) is 28.8 Å². The lowest BCUT2D eigenvalue weighted by atomic mass is 9.84. The van der Waals surface area contributed by atoms with E-state index >= 15 is 0 Å². The third kappa shape index (κ3) is 3.12. The Hall–Kier alpha value is -3.16. The van der Waals surface area contributed by atoms with Gasteiger partial charge in [0, 0.05) is 20.6 Å². The van der Waals surface area contributed by atoms with E-state index in [1.165, 1.54) is 18.5 Å². The minimum Gasteiger partial charge on any atom is -0.480 e. The predicted molar refractivity (Wildman–Crippen MR) is 124 cm³/mol. The van der Waals surface area contributed by atoms with Crippen LogP contribution in [0.15, 0.2) is 83.1 Å². The van der Waals surface area contributed by atoms with Crippen molar-refractivity contribution in [3.8, 4) is 5.75 Å².